The molecule has 184 valence electrons. The van der Waals surface area contributed by atoms with Gasteiger partial charge in [-0.15, -0.1) is 11.3 Å². The van der Waals surface area contributed by atoms with Crippen LogP contribution in [0.4, 0.5) is 0 Å². The second-order valence-corrected chi connectivity index (χ2v) is 9.56. The number of hydrogen-bond donors (Lipinski definition) is 2. The van der Waals surface area contributed by atoms with E-state index in [1.165, 1.54) is 16.9 Å². The fourth-order valence-electron chi connectivity index (χ4n) is 3.76. The van der Waals surface area contributed by atoms with Crippen molar-refractivity contribution in [2.24, 2.45) is 10.7 Å². The van der Waals surface area contributed by atoms with Gasteiger partial charge in [-0.25, -0.2) is 9.78 Å². The molecule has 6 nitrogen and oxygen atoms in total. The van der Waals surface area contributed by atoms with Gasteiger partial charge in [-0.05, 0) is 55.7 Å². The van der Waals surface area contributed by atoms with Crippen LogP contribution < -0.4 is 10.5 Å². The van der Waals surface area contributed by atoms with Crippen molar-refractivity contribution in [1.29, 1.82) is 0 Å². The molecule has 0 amide bonds. The van der Waals surface area contributed by atoms with Crippen molar-refractivity contribution < 1.29 is 14.6 Å². The number of aliphatic imine (C=N–C) groups is 1. The number of aryl methyl sites for hydroxylation is 2. The van der Waals surface area contributed by atoms with Crippen LogP contribution >= 0.6 is 11.3 Å². The van der Waals surface area contributed by atoms with E-state index in [1.54, 1.807) is 18.2 Å². The number of rotatable bonds is 9. The quantitative estimate of drug-likeness (QED) is 0.203. The summed E-state index contributed by atoms with van der Waals surface area (Å²) in [6.07, 6.45) is 0.884. The number of benzene rings is 3. The van der Waals surface area contributed by atoms with E-state index in [1.807, 2.05) is 31.2 Å². The average Bonchev–Trinajstić information content (AvgIpc) is 3.28. The minimum absolute atomic E-state index is 0.243. The van der Waals surface area contributed by atoms with E-state index >= 15 is 0 Å². The second kappa shape index (κ2) is 11.2. The van der Waals surface area contributed by atoms with E-state index in [0.29, 0.717) is 19.0 Å². The highest BCUT2D eigenvalue weighted by Crippen LogP contribution is 2.30. The van der Waals surface area contributed by atoms with Crippen LogP contribution in [0.2, 0.25) is 0 Å². The summed E-state index contributed by atoms with van der Waals surface area (Å²) in [5.41, 5.74) is 12.4. The van der Waals surface area contributed by atoms with E-state index in [-0.39, 0.29) is 5.56 Å². The monoisotopic (exact) mass is 499 g/mol. The molecule has 0 saturated carbocycles. The molecule has 0 aliphatic carbocycles. The number of carboxylic acids is 1. The first-order valence-corrected chi connectivity index (χ1v) is 12.6. The van der Waals surface area contributed by atoms with Crippen LogP contribution in [0.1, 0.15) is 45.4 Å². The van der Waals surface area contributed by atoms with Gasteiger partial charge in [0.05, 0.1) is 29.3 Å². The fraction of sp³-hybridized carbons (Fsp3) is 0.207. The molecule has 3 aromatic carbocycles. The highest BCUT2D eigenvalue weighted by atomic mass is 32.1. The molecule has 1 heterocycles. The van der Waals surface area contributed by atoms with Gasteiger partial charge in [0.15, 0.2) is 0 Å². The van der Waals surface area contributed by atoms with Gasteiger partial charge in [0, 0.05) is 11.1 Å². The minimum Gasteiger partial charge on any atom is -0.493 e. The Kier molecular flexibility index (Phi) is 7.80. The second-order valence-electron chi connectivity index (χ2n) is 8.56. The van der Waals surface area contributed by atoms with Gasteiger partial charge in [0.2, 0.25) is 0 Å². The van der Waals surface area contributed by atoms with E-state index in [2.05, 4.69) is 43.1 Å². The largest absolute Gasteiger partial charge is 0.493 e. The summed E-state index contributed by atoms with van der Waals surface area (Å²) in [7, 11) is 0. The topological polar surface area (TPSA) is 97.8 Å². The third-order valence-corrected chi connectivity index (χ3v) is 6.94. The van der Waals surface area contributed by atoms with Crippen LogP contribution in [-0.4, -0.2) is 28.5 Å². The number of aromatic carboxylic acids is 1. The molecule has 36 heavy (non-hydrogen) atoms. The molecule has 0 aliphatic rings. The highest BCUT2D eigenvalue weighted by Gasteiger charge is 2.14. The SMILES string of the molecule is CCCOc1ccc(-c2cccc(C(=O)O)c2)cc1CN=C(N)c1sc(-c2ccc(C)cc2)nc1C. The number of nitrogens with two attached hydrogens (primary N) is 1. The normalized spacial score (nSPS) is 11.5. The van der Waals surface area contributed by atoms with Crippen LogP contribution in [0.25, 0.3) is 21.7 Å². The Labute approximate surface area is 215 Å². The third-order valence-electron chi connectivity index (χ3n) is 5.71. The summed E-state index contributed by atoms with van der Waals surface area (Å²) in [6.45, 7) is 6.98. The molecule has 4 rings (SSSR count). The number of ether oxygens (including phenoxy) is 1. The van der Waals surface area contributed by atoms with E-state index in [0.717, 1.165) is 50.0 Å². The van der Waals surface area contributed by atoms with Gasteiger partial charge < -0.3 is 15.6 Å². The molecular weight excluding hydrogens is 470 g/mol. The Morgan fingerprint density at radius 2 is 1.75 bits per heavy atom. The highest BCUT2D eigenvalue weighted by molar-refractivity contribution is 7.17. The maximum Gasteiger partial charge on any atom is 0.335 e. The maximum atomic E-state index is 11.4. The van der Waals surface area contributed by atoms with Crippen molar-refractivity contribution in [2.75, 3.05) is 6.61 Å². The molecule has 3 N–H and O–H groups in total. The average molecular weight is 500 g/mol. The van der Waals surface area contributed by atoms with Crippen molar-refractivity contribution in [3.63, 3.8) is 0 Å². The Morgan fingerprint density at radius 3 is 2.47 bits per heavy atom. The Bertz CT molecular complexity index is 1410. The van der Waals surface area contributed by atoms with E-state index in [4.69, 9.17) is 15.5 Å². The molecule has 4 aromatic rings. The van der Waals surface area contributed by atoms with Gasteiger partial charge in [0.25, 0.3) is 0 Å². The molecule has 0 aliphatic heterocycles. The molecule has 0 spiro atoms. The summed E-state index contributed by atoms with van der Waals surface area (Å²) in [5.74, 6) is 0.221. The third kappa shape index (κ3) is 5.80. The van der Waals surface area contributed by atoms with E-state index < -0.39 is 5.97 Å². The van der Waals surface area contributed by atoms with Crippen molar-refractivity contribution >= 4 is 23.1 Å². The molecule has 0 unspecified atom stereocenters. The van der Waals surface area contributed by atoms with Gasteiger partial charge in [-0.3, -0.25) is 4.99 Å². The number of aromatic nitrogens is 1. The smallest absolute Gasteiger partial charge is 0.335 e. The summed E-state index contributed by atoms with van der Waals surface area (Å²) in [4.78, 5) is 21.7. The molecule has 0 atom stereocenters. The number of carboxylic acid groups (broad SMARTS) is 1. The zero-order valence-electron chi connectivity index (χ0n) is 20.6. The van der Waals surface area contributed by atoms with E-state index in [9.17, 15) is 9.90 Å². The van der Waals surface area contributed by atoms with Crippen LogP contribution in [-0.2, 0) is 6.54 Å². The Hall–Kier alpha value is -3.97. The first-order valence-electron chi connectivity index (χ1n) is 11.8. The molecule has 0 radical (unpaired) electrons. The number of thiazole rings is 1. The molecule has 0 saturated heterocycles. The van der Waals surface area contributed by atoms with Gasteiger partial charge in [0.1, 0.15) is 16.6 Å². The Morgan fingerprint density at radius 1 is 1.03 bits per heavy atom. The van der Waals surface area contributed by atoms with Crippen molar-refractivity contribution in [3.8, 4) is 27.4 Å². The lowest BCUT2D eigenvalue weighted by molar-refractivity contribution is 0.0697. The van der Waals surface area contributed by atoms with Crippen molar-refractivity contribution in [1.82, 2.24) is 4.98 Å². The number of nitrogens with zero attached hydrogens (tertiary/aromatic N) is 2. The summed E-state index contributed by atoms with van der Waals surface area (Å²) >= 11 is 1.53. The van der Waals surface area contributed by atoms with Crippen LogP contribution in [0.5, 0.6) is 5.75 Å². The molecule has 1 aromatic heterocycles. The molecule has 0 bridgehead atoms. The van der Waals surface area contributed by atoms with Crippen LogP contribution in [0.3, 0.4) is 0 Å². The zero-order chi connectivity index (χ0) is 25.7. The Balaban J connectivity index is 1.64. The molecule has 7 heteroatoms. The fourth-order valence-corrected chi connectivity index (χ4v) is 4.76. The molecular formula is C29H29N3O3S. The van der Waals surface area contributed by atoms with Crippen molar-refractivity contribution in [3.05, 3.63) is 94.0 Å². The molecule has 0 fully saturated rings. The van der Waals surface area contributed by atoms with Gasteiger partial charge >= 0.3 is 5.97 Å². The van der Waals surface area contributed by atoms with Crippen molar-refractivity contribution in [2.45, 2.75) is 33.7 Å². The first kappa shape index (κ1) is 25.1. The minimum atomic E-state index is -0.956. The first-order chi connectivity index (χ1) is 17.4. The lowest BCUT2D eigenvalue weighted by Gasteiger charge is -2.12. The number of carbonyl (C=O) groups is 1. The lowest BCUT2D eigenvalue weighted by atomic mass is 10.0. The maximum absolute atomic E-state index is 11.4. The van der Waals surface area contributed by atoms with Gasteiger partial charge in [-0.2, -0.15) is 0 Å². The van der Waals surface area contributed by atoms with Crippen LogP contribution in [0, 0.1) is 13.8 Å². The standard InChI is InChI=1S/C29H29N3O3S/c1-4-14-35-25-13-12-22(21-6-5-7-23(15-21)29(33)34)16-24(25)17-31-27(30)26-19(3)32-28(36-26)20-10-8-18(2)9-11-20/h5-13,15-16H,4,14,17H2,1-3H3,(H2,30,31)(H,33,34). The summed E-state index contributed by atoms with van der Waals surface area (Å²) in [6, 6.07) is 21.0. The lowest BCUT2D eigenvalue weighted by Crippen LogP contribution is -2.13. The number of amidine groups is 1. The summed E-state index contributed by atoms with van der Waals surface area (Å²) < 4.78 is 5.96. The summed E-state index contributed by atoms with van der Waals surface area (Å²) in [5, 5.41) is 10.3. The van der Waals surface area contributed by atoms with Gasteiger partial charge in [-0.1, -0.05) is 55.0 Å². The predicted octanol–water partition coefficient (Wildman–Crippen LogP) is 6.49. The number of hydrogen-bond acceptors (Lipinski definition) is 5. The van der Waals surface area contributed by atoms with Crippen LogP contribution in [0.15, 0.2) is 71.7 Å². The zero-order valence-corrected chi connectivity index (χ0v) is 21.4. The predicted molar refractivity (Wildman–Crippen MR) is 146 cm³/mol.